The molecule has 0 bridgehead atoms. The minimum absolute atomic E-state index is 0.0120. The molecule has 32 heavy (non-hydrogen) atoms. The van der Waals surface area contributed by atoms with Crippen molar-refractivity contribution in [1.29, 1.82) is 0 Å². The number of ether oxygens (including phenoxy) is 1. The molecule has 1 aromatic heterocycles. The van der Waals surface area contributed by atoms with Gasteiger partial charge in [0.05, 0.1) is 12.5 Å². The summed E-state index contributed by atoms with van der Waals surface area (Å²) in [5.74, 6) is -0.253. The molecule has 3 aromatic rings. The zero-order valence-electron chi connectivity index (χ0n) is 18.3. The normalized spacial score (nSPS) is 11.5. The topological polar surface area (TPSA) is 132 Å². The summed E-state index contributed by atoms with van der Waals surface area (Å²) < 4.78 is 5.34. The molecule has 3 rings (SSSR count). The van der Waals surface area contributed by atoms with Crippen LogP contribution in [0.15, 0.2) is 48.5 Å². The first-order valence-corrected chi connectivity index (χ1v) is 10.1. The van der Waals surface area contributed by atoms with Crippen molar-refractivity contribution >= 4 is 29.5 Å². The molecule has 0 saturated heterocycles. The van der Waals surface area contributed by atoms with Crippen molar-refractivity contribution in [3.05, 3.63) is 71.0 Å². The van der Waals surface area contributed by atoms with Crippen LogP contribution in [0.5, 0.6) is 0 Å². The molecule has 9 heteroatoms. The van der Waals surface area contributed by atoms with E-state index in [0.29, 0.717) is 0 Å². The predicted octanol–water partition coefficient (Wildman–Crippen LogP) is 3.12. The molecule has 166 valence electrons. The molecular formula is C23H26N6O3. The number of esters is 1. The van der Waals surface area contributed by atoms with Gasteiger partial charge in [0.1, 0.15) is 0 Å². The lowest BCUT2D eigenvalue weighted by molar-refractivity contribution is -0.146. The van der Waals surface area contributed by atoms with Gasteiger partial charge in [-0.3, -0.25) is 9.59 Å². The molecule has 1 atom stereocenters. The molecule has 4 N–H and O–H groups in total. The molecule has 0 fully saturated rings. The Morgan fingerprint density at radius 3 is 2.44 bits per heavy atom. The van der Waals surface area contributed by atoms with Crippen LogP contribution in [-0.4, -0.2) is 26.8 Å². The highest BCUT2D eigenvalue weighted by atomic mass is 16.5. The number of nitrogen functional groups attached to an aromatic ring is 1. The summed E-state index contributed by atoms with van der Waals surface area (Å²) in [4.78, 5) is 36.4. The maximum Gasteiger partial charge on any atom is 0.308 e. The number of aryl methyl sites for hydroxylation is 2. The number of aromatic nitrogens is 3. The number of hydrogen-bond donors (Lipinski definition) is 3. The molecule has 0 aliphatic rings. The number of nitrogens with two attached hydrogens (primary N) is 1. The van der Waals surface area contributed by atoms with E-state index < -0.39 is 12.0 Å². The molecule has 1 heterocycles. The number of anilines is 3. The summed E-state index contributed by atoms with van der Waals surface area (Å²) >= 11 is 0. The fraction of sp³-hybridized carbons (Fsp3) is 0.261. The van der Waals surface area contributed by atoms with Gasteiger partial charge in [0.25, 0.3) is 0 Å². The zero-order valence-corrected chi connectivity index (χ0v) is 18.3. The quantitative estimate of drug-likeness (QED) is 0.461. The second kappa shape index (κ2) is 10.3. The van der Waals surface area contributed by atoms with E-state index >= 15 is 0 Å². The van der Waals surface area contributed by atoms with Crippen LogP contribution in [0.2, 0.25) is 0 Å². The standard InChI is InChI=1S/C23H26N6O3/c1-14-8-10-17(11-9-14)19(25-16(3)30)12-21(31)32-13-20-27-22(24)29-23(28-20)26-18-7-5-4-6-15(18)2/h4-11,19H,12-13H2,1-3H3,(H,25,30)(H3,24,26,27,28,29). The summed E-state index contributed by atoms with van der Waals surface area (Å²) in [6.45, 7) is 5.15. The van der Waals surface area contributed by atoms with Crippen molar-refractivity contribution < 1.29 is 14.3 Å². The van der Waals surface area contributed by atoms with Gasteiger partial charge in [-0.05, 0) is 31.0 Å². The van der Waals surface area contributed by atoms with Crippen molar-refractivity contribution in [3.8, 4) is 0 Å². The van der Waals surface area contributed by atoms with Crippen LogP contribution in [0.3, 0.4) is 0 Å². The first-order valence-electron chi connectivity index (χ1n) is 10.1. The van der Waals surface area contributed by atoms with Crippen molar-refractivity contribution in [2.75, 3.05) is 11.1 Å². The van der Waals surface area contributed by atoms with E-state index in [-0.39, 0.29) is 36.7 Å². The van der Waals surface area contributed by atoms with Crippen LogP contribution in [0.1, 0.15) is 41.9 Å². The SMILES string of the molecule is CC(=O)NC(CC(=O)OCc1nc(N)nc(Nc2ccccc2C)n1)c1ccc(C)cc1. The Morgan fingerprint density at radius 1 is 1.03 bits per heavy atom. The van der Waals surface area contributed by atoms with Gasteiger partial charge in [0, 0.05) is 12.6 Å². The van der Waals surface area contributed by atoms with Gasteiger partial charge >= 0.3 is 5.97 Å². The highest BCUT2D eigenvalue weighted by Crippen LogP contribution is 2.20. The van der Waals surface area contributed by atoms with Crippen LogP contribution >= 0.6 is 0 Å². The summed E-state index contributed by atoms with van der Waals surface area (Å²) in [6, 6.07) is 14.8. The molecule has 0 saturated carbocycles. The van der Waals surface area contributed by atoms with Crippen LogP contribution in [-0.2, 0) is 20.9 Å². The number of nitrogens with zero attached hydrogens (tertiary/aromatic N) is 3. The molecule has 0 spiro atoms. The lowest BCUT2D eigenvalue weighted by Crippen LogP contribution is -2.28. The Labute approximate surface area is 186 Å². The number of benzene rings is 2. The van der Waals surface area contributed by atoms with E-state index in [4.69, 9.17) is 10.5 Å². The monoisotopic (exact) mass is 434 g/mol. The van der Waals surface area contributed by atoms with Gasteiger partial charge < -0.3 is 21.1 Å². The number of para-hydroxylation sites is 1. The minimum atomic E-state index is -0.503. The number of nitrogens with one attached hydrogen (secondary N) is 2. The fourth-order valence-corrected chi connectivity index (χ4v) is 3.06. The molecule has 0 aliphatic carbocycles. The number of hydrogen-bond acceptors (Lipinski definition) is 8. The third-order valence-electron chi connectivity index (χ3n) is 4.68. The average Bonchev–Trinajstić information content (AvgIpc) is 2.73. The van der Waals surface area contributed by atoms with Gasteiger partial charge in [-0.1, -0.05) is 48.0 Å². The highest BCUT2D eigenvalue weighted by molar-refractivity contribution is 5.76. The smallest absolute Gasteiger partial charge is 0.308 e. The van der Waals surface area contributed by atoms with Crippen LogP contribution in [0.25, 0.3) is 0 Å². The number of amides is 1. The lowest BCUT2D eigenvalue weighted by atomic mass is 10.0. The van der Waals surface area contributed by atoms with Gasteiger partial charge in [-0.2, -0.15) is 15.0 Å². The minimum Gasteiger partial charge on any atom is -0.457 e. The average molecular weight is 435 g/mol. The van der Waals surface area contributed by atoms with Crippen LogP contribution in [0.4, 0.5) is 17.6 Å². The number of carbonyl (C=O) groups is 2. The first kappa shape index (κ1) is 22.7. The third-order valence-corrected chi connectivity index (χ3v) is 4.68. The molecule has 1 unspecified atom stereocenters. The van der Waals surface area contributed by atoms with E-state index in [1.807, 2.05) is 62.4 Å². The van der Waals surface area contributed by atoms with Gasteiger partial charge in [0.15, 0.2) is 12.4 Å². The van der Waals surface area contributed by atoms with E-state index in [2.05, 4.69) is 25.6 Å². The Bertz CT molecular complexity index is 1100. The molecule has 2 aromatic carbocycles. The maximum atomic E-state index is 12.5. The van der Waals surface area contributed by atoms with Crippen LogP contribution < -0.4 is 16.4 Å². The second-order valence-corrected chi connectivity index (χ2v) is 7.40. The van der Waals surface area contributed by atoms with E-state index in [0.717, 1.165) is 22.4 Å². The Hall–Kier alpha value is -4.01. The second-order valence-electron chi connectivity index (χ2n) is 7.40. The first-order chi connectivity index (χ1) is 15.3. The number of rotatable bonds is 8. The van der Waals surface area contributed by atoms with E-state index in [1.165, 1.54) is 6.92 Å². The largest absolute Gasteiger partial charge is 0.457 e. The fourth-order valence-electron chi connectivity index (χ4n) is 3.06. The van der Waals surface area contributed by atoms with Gasteiger partial charge in [-0.25, -0.2) is 0 Å². The van der Waals surface area contributed by atoms with Crippen LogP contribution in [0, 0.1) is 13.8 Å². The zero-order chi connectivity index (χ0) is 23.1. The highest BCUT2D eigenvalue weighted by Gasteiger charge is 2.19. The lowest BCUT2D eigenvalue weighted by Gasteiger charge is -2.18. The van der Waals surface area contributed by atoms with E-state index in [1.54, 1.807) is 0 Å². The summed E-state index contributed by atoms with van der Waals surface area (Å²) in [5.41, 5.74) is 9.54. The van der Waals surface area contributed by atoms with E-state index in [9.17, 15) is 9.59 Å². The molecule has 1 amide bonds. The molecule has 9 nitrogen and oxygen atoms in total. The van der Waals surface area contributed by atoms with Crippen molar-refractivity contribution in [2.24, 2.45) is 0 Å². The number of carbonyl (C=O) groups excluding carboxylic acids is 2. The third kappa shape index (κ3) is 6.49. The Balaban J connectivity index is 1.65. The summed E-state index contributed by atoms with van der Waals surface area (Å²) in [7, 11) is 0. The Kier molecular flexibility index (Phi) is 7.33. The predicted molar refractivity (Wildman–Crippen MR) is 121 cm³/mol. The van der Waals surface area contributed by atoms with Crippen molar-refractivity contribution in [3.63, 3.8) is 0 Å². The van der Waals surface area contributed by atoms with Crippen molar-refractivity contribution in [1.82, 2.24) is 20.3 Å². The van der Waals surface area contributed by atoms with Gasteiger partial charge in [0.2, 0.25) is 17.8 Å². The summed E-state index contributed by atoms with van der Waals surface area (Å²) in [6.07, 6.45) is -0.0302. The summed E-state index contributed by atoms with van der Waals surface area (Å²) in [5, 5.41) is 5.88. The maximum absolute atomic E-state index is 12.5. The molecular weight excluding hydrogens is 408 g/mol. The molecule has 0 aliphatic heterocycles. The van der Waals surface area contributed by atoms with Gasteiger partial charge in [-0.15, -0.1) is 0 Å². The molecule has 0 radical (unpaired) electrons. The van der Waals surface area contributed by atoms with Crippen molar-refractivity contribution in [2.45, 2.75) is 39.8 Å². The Morgan fingerprint density at radius 2 is 1.75 bits per heavy atom.